The van der Waals surface area contributed by atoms with Gasteiger partial charge in [-0.2, -0.15) is 0 Å². The van der Waals surface area contributed by atoms with Crippen molar-refractivity contribution in [3.63, 3.8) is 0 Å². The van der Waals surface area contributed by atoms with E-state index in [1.807, 2.05) is 0 Å². The van der Waals surface area contributed by atoms with Gasteiger partial charge in [0.25, 0.3) is 5.91 Å². The Labute approximate surface area is 123 Å². The molecule has 110 valence electrons. The Hall–Kier alpha value is -1.75. The first-order valence-electron chi connectivity index (χ1n) is 6.13. The van der Waals surface area contributed by atoms with Crippen molar-refractivity contribution in [2.24, 2.45) is 0 Å². The van der Waals surface area contributed by atoms with E-state index in [1.54, 1.807) is 45.0 Å². The molecule has 0 aliphatic carbocycles. The fourth-order valence-corrected chi connectivity index (χ4v) is 1.49. The van der Waals surface area contributed by atoms with Crippen molar-refractivity contribution < 1.29 is 19.1 Å². The monoisotopic (exact) mass is 299 g/mol. The fraction of sp³-hybridized carbons (Fsp3) is 0.429. The number of hydrogen-bond donors (Lipinski definition) is 1. The van der Waals surface area contributed by atoms with Gasteiger partial charge in [0.2, 0.25) is 0 Å². The average Bonchev–Trinajstić information content (AvgIpc) is 2.32. The SMILES string of the molecule is CC(C)(C)OC(=O)CNC(=O)COc1cccc(Cl)c1. The zero-order chi connectivity index (χ0) is 15.2. The molecule has 0 atom stereocenters. The topological polar surface area (TPSA) is 64.6 Å². The second kappa shape index (κ2) is 7.14. The largest absolute Gasteiger partial charge is 0.484 e. The molecule has 6 heteroatoms. The molecule has 0 unspecified atom stereocenters. The number of ether oxygens (including phenoxy) is 2. The number of esters is 1. The van der Waals surface area contributed by atoms with Gasteiger partial charge in [0.05, 0.1) is 0 Å². The summed E-state index contributed by atoms with van der Waals surface area (Å²) in [5.41, 5.74) is -0.570. The van der Waals surface area contributed by atoms with Crippen molar-refractivity contribution in [2.75, 3.05) is 13.2 Å². The van der Waals surface area contributed by atoms with E-state index in [1.165, 1.54) is 0 Å². The zero-order valence-electron chi connectivity index (χ0n) is 11.7. The standard InChI is InChI=1S/C14H18ClNO4/c1-14(2,3)20-13(18)8-16-12(17)9-19-11-6-4-5-10(15)7-11/h4-7H,8-9H2,1-3H3,(H,16,17). The molecule has 1 aromatic carbocycles. The minimum absolute atomic E-state index is 0.186. The smallest absolute Gasteiger partial charge is 0.325 e. The molecule has 1 rings (SSSR count). The third-order valence-corrected chi connectivity index (χ3v) is 2.25. The number of benzene rings is 1. The minimum atomic E-state index is -0.570. The van der Waals surface area contributed by atoms with Crippen LogP contribution < -0.4 is 10.1 Å². The molecule has 0 fully saturated rings. The number of rotatable bonds is 5. The van der Waals surface area contributed by atoms with E-state index in [9.17, 15) is 9.59 Å². The Balaban J connectivity index is 2.29. The molecule has 0 saturated heterocycles. The Morgan fingerprint density at radius 1 is 1.30 bits per heavy atom. The summed E-state index contributed by atoms with van der Waals surface area (Å²) in [5.74, 6) is -0.408. The predicted molar refractivity (Wildman–Crippen MR) is 75.8 cm³/mol. The lowest BCUT2D eigenvalue weighted by molar-refractivity contribution is -0.154. The molecule has 0 aromatic heterocycles. The number of amides is 1. The molecule has 0 bridgehead atoms. The summed E-state index contributed by atoms with van der Waals surface area (Å²) >= 11 is 5.78. The van der Waals surface area contributed by atoms with Crippen LogP contribution in [0.4, 0.5) is 0 Å². The van der Waals surface area contributed by atoms with E-state index in [0.717, 1.165) is 0 Å². The third-order valence-electron chi connectivity index (χ3n) is 2.02. The van der Waals surface area contributed by atoms with Gasteiger partial charge in [-0.05, 0) is 39.0 Å². The molecule has 1 aromatic rings. The van der Waals surface area contributed by atoms with Gasteiger partial charge in [-0.25, -0.2) is 0 Å². The summed E-state index contributed by atoms with van der Waals surface area (Å²) < 4.78 is 10.3. The van der Waals surface area contributed by atoms with E-state index >= 15 is 0 Å². The van der Waals surface area contributed by atoms with Gasteiger partial charge < -0.3 is 14.8 Å². The van der Waals surface area contributed by atoms with Crippen molar-refractivity contribution in [3.8, 4) is 5.75 Å². The number of hydrogen-bond acceptors (Lipinski definition) is 4. The van der Waals surface area contributed by atoms with Crippen LogP contribution in [-0.2, 0) is 14.3 Å². The summed E-state index contributed by atoms with van der Waals surface area (Å²) in [4.78, 5) is 22.9. The number of halogens is 1. The van der Waals surface area contributed by atoms with Crippen molar-refractivity contribution in [1.29, 1.82) is 0 Å². The molecule has 20 heavy (non-hydrogen) atoms. The van der Waals surface area contributed by atoms with E-state index < -0.39 is 17.5 Å². The van der Waals surface area contributed by atoms with Crippen LogP contribution in [0.5, 0.6) is 5.75 Å². The van der Waals surface area contributed by atoms with Gasteiger partial charge in [-0.3, -0.25) is 9.59 Å². The van der Waals surface area contributed by atoms with Gasteiger partial charge in [0, 0.05) is 5.02 Å². The molecule has 0 aliphatic heterocycles. The van der Waals surface area contributed by atoms with Crippen molar-refractivity contribution >= 4 is 23.5 Å². The maximum Gasteiger partial charge on any atom is 0.325 e. The third kappa shape index (κ3) is 6.99. The van der Waals surface area contributed by atoms with Crippen LogP contribution in [0.25, 0.3) is 0 Å². The van der Waals surface area contributed by atoms with Gasteiger partial charge in [-0.15, -0.1) is 0 Å². The molecule has 1 amide bonds. The molecule has 1 N–H and O–H groups in total. The minimum Gasteiger partial charge on any atom is -0.484 e. The summed E-state index contributed by atoms with van der Waals surface area (Å²) in [7, 11) is 0. The van der Waals surface area contributed by atoms with Gasteiger partial charge >= 0.3 is 5.97 Å². The number of carbonyl (C=O) groups excluding carboxylic acids is 2. The quantitative estimate of drug-likeness (QED) is 0.846. The highest BCUT2D eigenvalue weighted by atomic mass is 35.5. The van der Waals surface area contributed by atoms with Crippen LogP contribution in [0.15, 0.2) is 24.3 Å². The van der Waals surface area contributed by atoms with Crippen LogP contribution >= 0.6 is 11.6 Å². The van der Waals surface area contributed by atoms with E-state index in [0.29, 0.717) is 10.8 Å². The lowest BCUT2D eigenvalue weighted by Gasteiger charge is -2.19. The van der Waals surface area contributed by atoms with Gasteiger partial charge in [0.15, 0.2) is 6.61 Å². The average molecular weight is 300 g/mol. The molecule has 0 spiro atoms. The van der Waals surface area contributed by atoms with Crippen LogP contribution in [0.3, 0.4) is 0 Å². The first kappa shape index (κ1) is 16.3. The maximum absolute atomic E-state index is 11.5. The van der Waals surface area contributed by atoms with Crippen molar-refractivity contribution in [2.45, 2.75) is 26.4 Å². The van der Waals surface area contributed by atoms with Crippen LogP contribution in [0, 0.1) is 0 Å². The number of nitrogens with one attached hydrogen (secondary N) is 1. The van der Waals surface area contributed by atoms with Gasteiger partial charge in [0.1, 0.15) is 17.9 Å². The summed E-state index contributed by atoms with van der Waals surface area (Å²) in [5, 5.41) is 2.94. The summed E-state index contributed by atoms with van der Waals surface area (Å²) in [6.45, 7) is 4.90. The second-order valence-corrected chi connectivity index (χ2v) is 5.55. The first-order chi connectivity index (χ1) is 9.26. The lowest BCUT2D eigenvalue weighted by atomic mass is 10.2. The van der Waals surface area contributed by atoms with E-state index in [4.69, 9.17) is 21.1 Å². The molecule has 0 radical (unpaired) electrons. The molecule has 0 heterocycles. The van der Waals surface area contributed by atoms with Crippen molar-refractivity contribution in [3.05, 3.63) is 29.3 Å². The molecular formula is C14H18ClNO4. The second-order valence-electron chi connectivity index (χ2n) is 5.11. The zero-order valence-corrected chi connectivity index (χ0v) is 12.5. The summed E-state index contributed by atoms with van der Waals surface area (Å²) in [6.07, 6.45) is 0. The predicted octanol–water partition coefficient (Wildman–Crippen LogP) is 2.18. The van der Waals surface area contributed by atoms with Crippen LogP contribution in [0.1, 0.15) is 20.8 Å². The van der Waals surface area contributed by atoms with E-state index in [-0.39, 0.29) is 13.2 Å². The van der Waals surface area contributed by atoms with Crippen LogP contribution in [0.2, 0.25) is 5.02 Å². The Morgan fingerprint density at radius 3 is 2.60 bits per heavy atom. The normalized spacial score (nSPS) is 10.8. The highest BCUT2D eigenvalue weighted by Crippen LogP contribution is 2.16. The fourth-order valence-electron chi connectivity index (χ4n) is 1.31. The highest BCUT2D eigenvalue weighted by molar-refractivity contribution is 6.30. The van der Waals surface area contributed by atoms with Gasteiger partial charge in [-0.1, -0.05) is 17.7 Å². The van der Waals surface area contributed by atoms with Crippen LogP contribution in [-0.4, -0.2) is 30.6 Å². The highest BCUT2D eigenvalue weighted by Gasteiger charge is 2.16. The maximum atomic E-state index is 11.5. The Morgan fingerprint density at radius 2 is 2.00 bits per heavy atom. The molecule has 5 nitrogen and oxygen atoms in total. The first-order valence-corrected chi connectivity index (χ1v) is 6.51. The molecule has 0 aliphatic rings. The molecular weight excluding hydrogens is 282 g/mol. The van der Waals surface area contributed by atoms with Crippen molar-refractivity contribution in [1.82, 2.24) is 5.32 Å². The van der Waals surface area contributed by atoms with E-state index in [2.05, 4.69) is 5.32 Å². The molecule has 0 saturated carbocycles. The Kier molecular flexibility index (Phi) is 5.82. The number of carbonyl (C=O) groups is 2. The lowest BCUT2D eigenvalue weighted by Crippen LogP contribution is -2.36. The summed E-state index contributed by atoms with van der Waals surface area (Å²) in [6, 6.07) is 6.71. The Bertz CT molecular complexity index is 482.